The van der Waals surface area contributed by atoms with E-state index in [1.165, 1.54) is 21.4 Å². The number of morpholine rings is 1. The molecule has 0 spiro atoms. The molecule has 0 bridgehead atoms. The Bertz CT molecular complexity index is 983. The highest BCUT2D eigenvalue weighted by Crippen LogP contribution is 2.33. The van der Waals surface area contributed by atoms with Crippen LogP contribution >= 0.6 is 11.3 Å². The SMILES string of the molecule is O=C(NC[C@H](c1cccs1)N1CCOCC1)c1ccc2c3c(cccc13)CC2. The number of aryl methyl sites for hydroxylation is 2. The molecule has 1 saturated heterocycles. The largest absolute Gasteiger partial charge is 0.379 e. The molecule has 1 aliphatic heterocycles. The number of ether oxygens (including phenoxy) is 1. The summed E-state index contributed by atoms with van der Waals surface area (Å²) in [6.45, 7) is 3.93. The molecule has 0 unspecified atom stereocenters. The zero-order valence-electron chi connectivity index (χ0n) is 15.8. The summed E-state index contributed by atoms with van der Waals surface area (Å²) < 4.78 is 5.51. The fourth-order valence-electron chi connectivity index (χ4n) is 4.51. The monoisotopic (exact) mass is 392 g/mol. The van der Waals surface area contributed by atoms with Crippen molar-refractivity contribution in [3.63, 3.8) is 0 Å². The number of carbonyl (C=O) groups excluding carboxylic acids is 1. The van der Waals surface area contributed by atoms with E-state index < -0.39 is 0 Å². The number of nitrogens with one attached hydrogen (secondary N) is 1. The second-order valence-corrected chi connectivity index (χ2v) is 8.48. The molecular weight excluding hydrogens is 368 g/mol. The Kier molecular flexibility index (Phi) is 4.89. The predicted molar refractivity (Wildman–Crippen MR) is 113 cm³/mol. The molecule has 0 saturated carbocycles. The van der Waals surface area contributed by atoms with Crippen LogP contribution in [-0.2, 0) is 17.6 Å². The van der Waals surface area contributed by atoms with Gasteiger partial charge in [0.25, 0.3) is 5.91 Å². The number of nitrogens with zero attached hydrogens (tertiary/aromatic N) is 1. The van der Waals surface area contributed by atoms with Gasteiger partial charge in [-0.15, -0.1) is 11.3 Å². The molecule has 144 valence electrons. The van der Waals surface area contributed by atoms with Crippen molar-refractivity contribution in [3.05, 3.63) is 69.4 Å². The first-order valence-corrected chi connectivity index (χ1v) is 10.9. The molecule has 1 fully saturated rings. The van der Waals surface area contributed by atoms with Gasteiger partial charge in [0.2, 0.25) is 0 Å². The lowest BCUT2D eigenvalue weighted by Crippen LogP contribution is -2.43. The first-order chi connectivity index (χ1) is 13.8. The highest BCUT2D eigenvalue weighted by Gasteiger charge is 2.25. The van der Waals surface area contributed by atoms with E-state index in [-0.39, 0.29) is 11.9 Å². The van der Waals surface area contributed by atoms with Crippen LogP contribution in [0.25, 0.3) is 10.8 Å². The summed E-state index contributed by atoms with van der Waals surface area (Å²) in [5, 5.41) is 7.70. The fraction of sp³-hybridized carbons (Fsp3) is 0.348. The van der Waals surface area contributed by atoms with Crippen LogP contribution in [0.2, 0.25) is 0 Å². The second kappa shape index (κ2) is 7.66. The highest BCUT2D eigenvalue weighted by molar-refractivity contribution is 7.10. The third-order valence-corrected chi connectivity index (χ3v) is 6.91. The van der Waals surface area contributed by atoms with Gasteiger partial charge in [-0.2, -0.15) is 0 Å². The van der Waals surface area contributed by atoms with Crippen molar-refractivity contribution in [2.24, 2.45) is 0 Å². The van der Waals surface area contributed by atoms with E-state index in [9.17, 15) is 4.79 Å². The maximum absolute atomic E-state index is 13.1. The molecule has 0 radical (unpaired) electrons. The molecule has 4 nitrogen and oxygen atoms in total. The van der Waals surface area contributed by atoms with Crippen LogP contribution in [0, 0.1) is 0 Å². The molecule has 2 heterocycles. The zero-order valence-corrected chi connectivity index (χ0v) is 16.6. The number of hydrogen-bond acceptors (Lipinski definition) is 4. The van der Waals surface area contributed by atoms with Gasteiger partial charge >= 0.3 is 0 Å². The van der Waals surface area contributed by atoms with Crippen molar-refractivity contribution in [2.75, 3.05) is 32.8 Å². The summed E-state index contributed by atoms with van der Waals surface area (Å²) in [4.78, 5) is 16.8. The van der Waals surface area contributed by atoms with Crippen molar-refractivity contribution in [2.45, 2.75) is 18.9 Å². The van der Waals surface area contributed by atoms with E-state index in [0.29, 0.717) is 6.54 Å². The molecule has 1 aromatic heterocycles. The van der Waals surface area contributed by atoms with Gasteiger partial charge in [0.15, 0.2) is 0 Å². The lowest BCUT2D eigenvalue weighted by molar-refractivity contribution is 0.0169. The first kappa shape index (κ1) is 17.9. The molecule has 5 rings (SSSR count). The molecule has 5 heteroatoms. The van der Waals surface area contributed by atoms with E-state index in [0.717, 1.165) is 50.1 Å². The standard InChI is InChI=1S/C23H24N2O2S/c26-23(19-9-8-17-7-6-16-3-1-4-18(19)22(16)17)24-15-20(21-5-2-14-28-21)25-10-12-27-13-11-25/h1-5,8-9,14,20H,6-7,10-13,15H2,(H,24,26)/t20-/m1/s1. The fourth-order valence-corrected chi connectivity index (χ4v) is 5.37. The van der Waals surface area contributed by atoms with Gasteiger partial charge in [-0.3, -0.25) is 9.69 Å². The Balaban J connectivity index is 1.38. The lowest BCUT2D eigenvalue weighted by atomic mass is 9.99. The average molecular weight is 393 g/mol. The summed E-state index contributed by atoms with van der Waals surface area (Å²) in [6, 6.07) is 14.9. The van der Waals surface area contributed by atoms with Crippen LogP contribution in [0.1, 0.15) is 32.4 Å². The maximum Gasteiger partial charge on any atom is 0.251 e. The molecule has 2 aromatic carbocycles. The van der Waals surface area contributed by atoms with Gasteiger partial charge in [0, 0.05) is 30.1 Å². The van der Waals surface area contributed by atoms with Crippen LogP contribution in [-0.4, -0.2) is 43.7 Å². The number of amides is 1. The molecule has 1 aliphatic carbocycles. The van der Waals surface area contributed by atoms with Crippen LogP contribution in [0.3, 0.4) is 0 Å². The van der Waals surface area contributed by atoms with Crippen LogP contribution < -0.4 is 5.32 Å². The van der Waals surface area contributed by atoms with E-state index in [1.54, 1.807) is 11.3 Å². The van der Waals surface area contributed by atoms with E-state index in [1.807, 2.05) is 6.07 Å². The van der Waals surface area contributed by atoms with E-state index >= 15 is 0 Å². The molecule has 1 amide bonds. The van der Waals surface area contributed by atoms with Crippen molar-refractivity contribution in [3.8, 4) is 0 Å². The third kappa shape index (κ3) is 3.24. The van der Waals surface area contributed by atoms with Gasteiger partial charge < -0.3 is 10.1 Å². The van der Waals surface area contributed by atoms with Crippen LogP contribution in [0.5, 0.6) is 0 Å². The van der Waals surface area contributed by atoms with Gasteiger partial charge in [0.05, 0.1) is 19.3 Å². The molecule has 1 N–H and O–H groups in total. The maximum atomic E-state index is 13.1. The second-order valence-electron chi connectivity index (χ2n) is 7.50. The Morgan fingerprint density at radius 1 is 1.07 bits per heavy atom. The van der Waals surface area contributed by atoms with Crippen LogP contribution in [0.4, 0.5) is 0 Å². The lowest BCUT2D eigenvalue weighted by Gasteiger charge is -2.34. The summed E-state index contributed by atoms with van der Waals surface area (Å²) in [5.74, 6) is 0.0189. The average Bonchev–Trinajstić information content (AvgIpc) is 3.41. The highest BCUT2D eigenvalue weighted by atomic mass is 32.1. The van der Waals surface area contributed by atoms with E-state index in [4.69, 9.17) is 4.74 Å². The first-order valence-electron chi connectivity index (χ1n) is 9.98. The molecular formula is C23H24N2O2S. The van der Waals surface area contributed by atoms with E-state index in [2.05, 4.69) is 52.0 Å². The summed E-state index contributed by atoms with van der Waals surface area (Å²) in [6.07, 6.45) is 2.16. The number of carbonyl (C=O) groups is 1. The molecule has 1 atom stereocenters. The minimum absolute atomic E-state index is 0.0189. The summed E-state index contributed by atoms with van der Waals surface area (Å²) >= 11 is 1.75. The smallest absolute Gasteiger partial charge is 0.251 e. The van der Waals surface area contributed by atoms with Crippen molar-refractivity contribution in [1.82, 2.24) is 10.2 Å². The number of benzene rings is 2. The summed E-state index contributed by atoms with van der Waals surface area (Å²) in [5.41, 5.74) is 3.52. The topological polar surface area (TPSA) is 41.6 Å². The van der Waals surface area contributed by atoms with Crippen LogP contribution in [0.15, 0.2) is 47.8 Å². The van der Waals surface area contributed by atoms with Gasteiger partial charge in [-0.1, -0.05) is 30.3 Å². The molecule has 3 aromatic rings. The van der Waals surface area contributed by atoms with Crippen molar-refractivity contribution >= 4 is 28.0 Å². The molecule has 28 heavy (non-hydrogen) atoms. The third-order valence-electron chi connectivity index (χ3n) is 5.94. The number of rotatable bonds is 5. The Morgan fingerprint density at radius 2 is 1.89 bits per heavy atom. The van der Waals surface area contributed by atoms with Gasteiger partial charge in [0.1, 0.15) is 0 Å². The zero-order chi connectivity index (χ0) is 18.9. The van der Waals surface area contributed by atoms with Gasteiger partial charge in [-0.25, -0.2) is 0 Å². The minimum Gasteiger partial charge on any atom is -0.379 e. The normalized spacial score (nSPS) is 17.7. The quantitative estimate of drug-likeness (QED) is 0.718. The van der Waals surface area contributed by atoms with Crippen molar-refractivity contribution < 1.29 is 9.53 Å². The predicted octanol–water partition coefficient (Wildman–Crippen LogP) is 3.80. The molecule has 2 aliphatic rings. The Morgan fingerprint density at radius 3 is 2.68 bits per heavy atom. The Labute approximate surface area is 169 Å². The summed E-state index contributed by atoms with van der Waals surface area (Å²) in [7, 11) is 0. The van der Waals surface area contributed by atoms with Crippen molar-refractivity contribution in [1.29, 1.82) is 0 Å². The number of hydrogen-bond donors (Lipinski definition) is 1. The Hall–Kier alpha value is -2.21. The number of thiophene rings is 1. The van der Waals surface area contributed by atoms with Gasteiger partial charge in [-0.05, 0) is 52.3 Å². The minimum atomic E-state index is 0.0189.